The van der Waals surface area contributed by atoms with E-state index in [2.05, 4.69) is 89.4 Å². The van der Waals surface area contributed by atoms with Gasteiger partial charge in [0.05, 0.1) is 34.1 Å². The van der Waals surface area contributed by atoms with E-state index >= 15 is 0 Å². The summed E-state index contributed by atoms with van der Waals surface area (Å²) in [5, 5.41) is 5.43. The molecule has 204 valence electrons. The largest absolute Gasteiger partial charge is 0.457 e. The monoisotopic (exact) mass is 555 g/mol. The second-order valence-corrected chi connectivity index (χ2v) is 11.0. The standard InChI is InChI=1S/C37H25N5O/c1-22-23(2)41-32-12-7-6-11-28(32)27-16-14-25(19-30(27)37(41)40-22)43-26-15-17-29-31(20-26)36-39-21-34(24-9-4-3-5-10-24)42(36)33-13-8-18-38-35(29)33/h3-21H,1-2H3. The highest BCUT2D eigenvalue weighted by Gasteiger charge is 2.17. The van der Waals surface area contributed by atoms with Crippen molar-refractivity contribution >= 4 is 54.8 Å². The van der Waals surface area contributed by atoms with Crippen molar-refractivity contribution in [2.45, 2.75) is 13.8 Å². The van der Waals surface area contributed by atoms with Gasteiger partial charge in [-0.2, -0.15) is 0 Å². The van der Waals surface area contributed by atoms with Crippen LogP contribution >= 0.6 is 0 Å². The summed E-state index contributed by atoms with van der Waals surface area (Å²) in [6.45, 7) is 4.19. The van der Waals surface area contributed by atoms with E-state index in [4.69, 9.17) is 19.7 Å². The third-order valence-corrected chi connectivity index (χ3v) is 8.59. The Kier molecular flexibility index (Phi) is 4.93. The number of hydrogen-bond acceptors (Lipinski definition) is 4. The van der Waals surface area contributed by atoms with Crippen LogP contribution in [-0.2, 0) is 0 Å². The molecule has 0 fully saturated rings. The first kappa shape index (κ1) is 23.9. The molecule has 43 heavy (non-hydrogen) atoms. The Bertz CT molecular complexity index is 2560. The van der Waals surface area contributed by atoms with Gasteiger partial charge in [-0.1, -0.05) is 48.5 Å². The van der Waals surface area contributed by atoms with Gasteiger partial charge in [0.2, 0.25) is 0 Å². The van der Waals surface area contributed by atoms with Crippen LogP contribution in [0, 0.1) is 13.8 Å². The molecule has 9 aromatic rings. The number of imidazole rings is 2. The predicted octanol–water partition coefficient (Wildman–Crippen LogP) is 9.07. The summed E-state index contributed by atoms with van der Waals surface area (Å²) in [5.74, 6) is 1.49. The molecule has 0 bridgehead atoms. The van der Waals surface area contributed by atoms with Crippen molar-refractivity contribution in [3.05, 3.63) is 127 Å². The second-order valence-electron chi connectivity index (χ2n) is 11.0. The highest BCUT2D eigenvalue weighted by atomic mass is 16.5. The van der Waals surface area contributed by atoms with Gasteiger partial charge >= 0.3 is 0 Å². The number of benzene rings is 4. The van der Waals surface area contributed by atoms with Crippen LogP contribution in [-0.4, -0.2) is 23.8 Å². The summed E-state index contributed by atoms with van der Waals surface area (Å²) >= 11 is 0. The Morgan fingerprint density at radius 1 is 0.581 bits per heavy atom. The molecule has 5 aromatic heterocycles. The number of aryl methyl sites for hydroxylation is 2. The van der Waals surface area contributed by atoms with Crippen LogP contribution in [0.1, 0.15) is 11.4 Å². The minimum atomic E-state index is 0.737. The van der Waals surface area contributed by atoms with E-state index in [1.165, 1.54) is 5.39 Å². The summed E-state index contributed by atoms with van der Waals surface area (Å²) in [6, 6.07) is 35.4. The lowest BCUT2D eigenvalue weighted by Crippen LogP contribution is -1.96. The molecule has 9 rings (SSSR count). The van der Waals surface area contributed by atoms with Crippen LogP contribution in [0.4, 0.5) is 0 Å². The van der Waals surface area contributed by atoms with E-state index in [1.54, 1.807) is 0 Å². The van der Waals surface area contributed by atoms with Crippen molar-refractivity contribution in [2.75, 3.05) is 0 Å². The molecule has 0 saturated heterocycles. The van der Waals surface area contributed by atoms with E-state index in [0.29, 0.717) is 0 Å². The fourth-order valence-corrected chi connectivity index (χ4v) is 6.49. The highest BCUT2D eigenvalue weighted by molar-refractivity contribution is 6.13. The predicted molar refractivity (Wildman–Crippen MR) is 173 cm³/mol. The van der Waals surface area contributed by atoms with Crippen molar-refractivity contribution < 1.29 is 4.74 Å². The van der Waals surface area contributed by atoms with E-state index in [0.717, 1.165) is 83.5 Å². The van der Waals surface area contributed by atoms with Gasteiger partial charge in [0, 0.05) is 39.0 Å². The van der Waals surface area contributed by atoms with Crippen molar-refractivity contribution in [3.63, 3.8) is 0 Å². The van der Waals surface area contributed by atoms with Gasteiger partial charge in [-0.15, -0.1) is 0 Å². The first-order valence-electron chi connectivity index (χ1n) is 14.4. The molecule has 0 spiro atoms. The summed E-state index contributed by atoms with van der Waals surface area (Å²) in [7, 11) is 0. The lowest BCUT2D eigenvalue weighted by atomic mass is 10.1. The maximum Gasteiger partial charge on any atom is 0.145 e. The Morgan fingerprint density at radius 2 is 1.30 bits per heavy atom. The smallest absolute Gasteiger partial charge is 0.145 e. The fraction of sp³-hybridized carbons (Fsp3) is 0.0541. The van der Waals surface area contributed by atoms with Gasteiger partial charge in [0.15, 0.2) is 0 Å². The van der Waals surface area contributed by atoms with E-state index in [1.807, 2.05) is 48.8 Å². The maximum atomic E-state index is 6.55. The number of rotatable bonds is 3. The average Bonchev–Trinajstić information content (AvgIpc) is 3.63. The Hall–Kier alpha value is -5.75. The molecule has 0 N–H and O–H groups in total. The molecule has 0 aliphatic rings. The normalized spacial score (nSPS) is 12.0. The molecule has 0 amide bonds. The number of para-hydroxylation sites is 1. The average molecular weight is 556 g/mol. The molecule has 0 aliphatic carbocycles. The van der Waals surface area contributed by atoms with Crippen molar-refractivity contribution in [1.29, 1.82) is 0 Å². The van der Waals surface area contributed by atoms with Crippen molar-refractivity contribution in [2.24, 2.45) is 0 Å². The molecule has 0 aliphatic heterocycles. The topological polar surface area (TPSA) is 56.7 Å². The molecule has 4 aromatic carbocycles. The second kappa shape index (κ2) is 8.87. The molecule has 0 saturated carbocycles. The van der Waals surface area contributed by atoms with Gasteiger partial charge in [0.25, 0.3) is 0 Å². The SMILES string of the molecule is Cc1nc2c3cc(Oc4ccc5c(c4)c4ncc(-c6ccccc6)n4c4cccnc54)ccc3c3ccccc3n2c1C. The van der Waals surface area contributed by atoms with Crippen LogP contribution in [0.15, 0.2) is 116 Å². The summed E-state index contributed by atoms with van der Waals surface area (Å²) in [4.78, 5) is 14.7. The van der Waals surface area contributed by atoms with Gasteiger partial charge in [-0.3, -0.25) is 13.8 Å². The Balaban J connectivity index is 1.24. The lowest BCUT2D eigenvalue weighted by Gasteiger charge is -2.13. The van der Waals surface area contributed by atoms with Crippen LogP contribution < -0.4 is 4.74 Å². The first-order chi connectivity index (χ1) is 21.2. The third-order valence-electron chi connectivity index (χ3n) is 8.59. The molecule has 0 atom stereocenters. The fourth-order valence-electron chi connectivity index (χ4n) is 6.49. The number of hydrogen-bond donors (Lipinski definition) is 0. The zero-order valence-corrected chi connectivity index (χ0v) is 23.6. The minimum Gasteiger partial charge on any atom is -0.457 e. The van der Waals surface area contributed by atoms with Crippen molar-refractivity contribution in [3.8, 4) is 22.8 Å². The van der Waals surface area contributed by atoms with Crippen LogP contribution in [0.3, 0.4) is 0 Å². The molecular weight excluding hydrogens is 530 g/mol. The van der Waals surface area contributed by atoms with E-state index in [9.17, 15) is 0 Å². The van der Waals surface area contributed by atoms with Crippen LogP contribution in [0.2, 0.25) is 0 Å². The molecule has 6 heteroatoms. The third kappa shape index (κ3) is 3.44. The van der Waals surface area contributed by atoms with Crippen LogP contribution in [0.25, 0.3) is 66.0 Å². The van der Waals surface area contributed by atoms with Gasteiger partial charge in [-0.05, 0) is 73.8 Å². The number of fused-ring (bicyclic) bond motifs is 12. The Morgan fingerprint density at radius 3 is 2.14 bits per heavy atom. The van der Waals surface area contributed by atoms with Crippen molar-refractivity contribution in [1.82, 2.24) is 23.8 Å². The number of ether oxygens (including phenoxy) is 1. The van der Waals surface area contributed by atoms with Gasteiger partial charge in [0.1, 0.15) is 22.8 Å². The molecule has 0 unspecified atom stereocenters. The number of nitrogens with zero attached hydrogens (tertiary/aromatic N) is 5. The van der Waals surface area contributed by atoms with E-state index in [-0.39, 0.29) is 0 Å². The van der Waals surface area contributed by atoms with E-state index < -0.39 is 0 Å². The molecule has 0 radical (unpaired) electrons. The molecule has 6 nitrogen and oxygen atoms in total. The summed E-state index contributed by atoms with van der Waals surface area (Å²) in [6.07, 6.45) is 3.78. The summed E-state index contributed by atoms with van der Waals surface area (Å²) < 4.78 is 11.0. The molecule has 5 heterocycles. The number of pyridine rings is 3. The minimum absolute atomic E-state index is 0.737. The first-order valence-corrected chi connectivity index (χ1v) is 14.4. The summed E-state index contributed by atoms with van der Waals surface area (Å²) in [5.41, 5.74) is 9.22. The maximum absolute atomic E-state index is 6.55. The Labute approximate surface area is 246 Å². The molecular formula is C37H25N5O. The van der Waals surface area contributed by atoms with Gasteiger partial charge < -0.3 is 4.74 Å². The zero-order chi connectivity index (χ0) is 28.7. The zero-order valence-electron chi connectivity index (χ0n) is 23.6. The highest BCUT2D eigenvalue weighted by Crippen LogP contribution is 2.37. The lowest BCUT2D eigenvalue weighted by molar-refractivity contribution is 0.484. The quantitative estimate of drug-likeness (QED) is 0.204. The van der Waals surface area contributed by atoms with Gasteiger partial charge in [-0.25, -0.2) is 9.97 Å². The number of aromatic nitrogens is 5. The van der Waals surface area contributed by atoms with Crippen LogP contribution in [0.5, 0.6) is 11.5 Å².